The van der Waals surface area contributed by atoms with Crippen molar-refractivity contribution in [1.29, 1.82) is 0 Å². The van der Waals surface area contributed by atoms with E-state index in [1.54, 1.807) is 13.8 Å². The Kier molecular flexibility index (Phi) is 4.46. The van der Waals surface area contributed by atoms with Gasteiger partial charge in [-0.2, -0.15) is 13.2 Å². The molecule has 0 radical (unpaired) electrons. The Bertz CT molecular complexity index is 253. The third-order valence-electron chi connectivity index (χ3n) is 1.74. The first-order valence-corrected chi connectivity index (χ1v) is 4.09. The van der Waals surface area contributed by atoms with Crippen LogP contribution in [0.15, 0.2) is 16.4 Å². The van der Waals surface area contributed by atoms with Crippen molar-refractivity contribution in [2.45, 2.75) is 26.4 Å². The summed E-state index contributed by atoms with van der Waals surface area (Å²) in [5, 5.41) is 2.04. The number of hydrogen-bond donors (Lipinski definition) is 2. The van der Waals surface area contributed by atoms with Gasteiger partial charge in [0.25, 0.3) is 0 Å². The van der Waals surface area contributed by atoms with E-state index in [0.29, 0.717) is 12.0 Å². The monoisotopic (exact) mass is 209 g/mol. The van der Waals surface area contributed by atoms with E-state index in [4.69, 9.17) is 5.73 Å². The van der Waals surface area contributed by atoms with Crippen molar-refractivity contribution in [2.75, 3.05) is 7.05 Å². The van der Waals surface area contributed by atoms with Gasteiger partial charge in [-0.15, -0.1) is 0 Å². The summed E-state index contributed by atoms with van der Waals surface area (Å²) < 4.78 is 36.5. The van der Waals surface area contributed by atoms with E-state index < -0.39 is 12.0 Å². The second kappa shape index (κ2) is 4.88. The molecule has 82 valence electrons. The van der Waals surface area contributed by atoms with Gasteiger partial charge in [-0.1, -0.05) is 6.92 Å². The molecule has 0 aliphatic carbocycles. The highest BCUT2D eigenvalue weighted by Gasteiger charge is 2.35. The smallest absolute Gasteiger partial charge is 0.385 e. The molecule has 0 aliphatic heterocycles. The predicted molar refractivity (Wildman–Crippen MR) is 49.7 cm³/mol. The lowest BCUT2D eigenvalue weighted by Gasteiger charge is -2.13. The number of rotatable bonds is 2. The molecule has 0 saturated heterocycles. The maximum atomic E-state index is 12.2. The SMILES string of the molecule is CC/C(C)=C(\N)NC(=NC)C(F)(F)F. The molecular weight excluding hydrogens is 195 g/mol. The molecule has 0 fully saturated rings. The molecule has 3 N–H and O–H groups in total. The van der Waals surface area contributed by atoms with Gasteiger partial charge < -0.3 is 11.1 Å². The summed E-state index contributed by atoms with van der Waals surface area (Å²) >= 11 is 0. The molecule has 14 heavy (non-hydrogen) atoms. The van der Waals surface area contributed by atoms with Crippen molar-refractivity contribution in [1.82, 2.24) is 5.32 Å². The van der Waals surface area contributed by atoms with Gasteiger partial charge in [0.15, 0.2) is 0 Å². The number of allylic oxidation sites excluding steroid dienone is 1. The molecule has 0 bridgehead atoms. The molecule has 0 aliphatic rings. The number of aliphatic imine (C=N–C) groups is 1. The fourth-order valence-corrected chi connectivity index (χ4v) is 0.678. The van der Waals surface area contributed by atoms with E-state index in [0.717, 1.165) is 7.05 Å². The molecule has 0 unspecified atom stereocenters. The van der Waals surface area contributed by atoms with Crippen LogP contribution in [0.2, 0.25) is 0 Å². The average molecular weight is 209 g/mol. The van der Waals surface area contributed by atoms with Crippen molar-refractivity contribution in [3.8, 4) is 0 Å². The van der Waals surface area contributed by atoms with Gasteiger partial charge in [0.05, 0.1) is 0 Å². The quantitative estimate of drug-likeness (QED) is 0.538. The maximum absolute atomic E-state index is 12.2. The number of halogens is 3. The van der Waals surface area contributed by atoms with E-state index in [1.165, 1.54) is 0 Å². The standard InChI is InChI=1S/C8H14F3N3/c1-4-5(2)6(12)14-7(13-3)8(9,10)11/h4,12H2,1-3H3,(H,13,14)/b6-5+. The lowest BCUT2D eigenvalue weighted by molar-refractivity contribution is -0.0614. The summed E-state index contributed by atoms with van der Waals surface area (Å²) in [6.07, 6.45) is -3.90. The molecule has 0 heterocycles. The Hall–Kier alpha value is -1.20. The number of hydrogen-bond acceptors (Lipinski definition) is 2. The minimum atomic E-state index is -4.49. The van der Waals surface area contributed by atoms with E-state index in [2.05, 4.69) is 4.99 Å². The average Bonchev–Trinajstić information content (AvgIpc) is 2.10. The number of amidine groups is 1. The molecule has 0 aromatic heterocycles. The zero-order valence-electron chi connectivity index (χ0n) is 8.37. The fourth-order valence-electron chi connectivity index (χ4n) is 0.678. The highest BCUT2D eigenvalue weighted by molar-refractivity contribution is 5.88. The molecular formula is C8H14F3N3. The molecule has 6 heteroatoms. The van der Waals surface area contributed by atoms with E-state index in [-0.39, 0.29) is 5.82 Å². The Morgan fingerprint density at radius 1 is 1.43 bits per heavy atom. The zero-order valence-corrected chi connectivity index (χ0v) is 8.37. The summed E-state index contributed by atoms with van der Waals surface area (Å²) in [6.45, 7) is 3.46. The first kappa shape index (κ1) is 12.8. The molecule has 0 atom stereocenters. The van der Waals surface area contributed by atoms with Crippen molar-refractivity contribution >= 4 is 5.84 Å². The normalized spacial score (nSPS) is 15.1. The summed E-state index contributed by atoms with van der Waals surface area (Å²) in [5.74, 6) is -1.08. The van der Waals surface area contributed by atoms with Gasteiger partial charge in [-0.25, -0.2) is 0 Å². The summed E-state index contributed by atoms with van der Waals surface area (Å²) in [4.78, 5) is 3.08. The Balaban J connectivity index is 4.68. The largest absolute Gasteiger partial charge is 0.449 e. The van der Waals surface area contributed by atoms with Crippen molar-refractivity contribution in [3.63, 3.8) is 0 Å². The zero-order chi connectivity index (χ0) is 11.4. The van der Waals surface area contributed by atoms with Crippen LogP contribution in [0.25, 0.3) is 0 Å². The summed E-state index contributed by atoms with van der Waals surface area (Å²) in [5.41, 5.74) is 6.05. The first-order valence-electron chi connectivity index (χ1n) is 4.09. The topological polar surface area (TPSA) is 50.4 Å². The lowest BCUT2D eigenvalue weighted by atomic mass is 10.2. The molecule has 3 nitrogen and oxygen atoms in total. The predicted octanol–water partition coefficient (Wildman–Crippen LogP) is 1.77. The van der Waals surface area contributed by atoms with Gasteiger partial charge in [0.2, 0.25) is 5.84 Å². The fraction of sp³-hybridized carbons (Fsp3) is 0.625. The van der Waals surface area contributed by atoms with Crippen molar-refractivity contribution < 1.29 is 13.2 Å². The van der Waals surface area contributed by atoms with Crippen LogP contribution < -0.4 is 11.1 Å². The molecule has 0 rings (SSSR count). The summed E-state index contributed by atoms with van der Waals surface area (Å²) in [7, 11) is 1.06. The number of nitrogens with zero attached hydrogens (tertiary/aromatic N) is 1. The second-order valence-electron chi connectivity index (χ2n) is 2.74. The van der Waals surface area contributed by atoms with Gasteiger partial charge in [-0.05, 0) is 18.9 Å². The summed E-state index contributed by atoms with van der Waals surface area (Å²) in [6, 6.07) is 0. The van der Waals surface area contributed by atoms with Crippen molar-refractivity contribution in [2.24, 2.45) is 10.7 Å². The molecule has 0 aromatic rings. The first-order chi connectivity index (χ1) is 6.32. The Morgan fingerprint density at radius 3 is 2.21 bits per heavy atom. The molecule has 0 aromatic carbocycles. The van der Waals surface area contributed by atoms with Crippen LogP contribution in [0.3, 0.4) is 0 Å². The lowest BCUT2D eigenvalue weighted by Crippen LogP contribution is -2.39. The van der Waals surface area contributed by atoms with E-state index >= 15 is 0 Å². The van der Waals surface area contributed by atoms with Crippen LogP contribution in [0, 0.1) is 0 Å². The van der Waals surface area contributed by atoms with Crippen LogP contribution >= 0.6 is 0 Å². The van der Waals surface area contributed by atoms with E-state index in [1.807, 2.05) is 5.32 Å². The molecule has 0 spiro atoms. The number of nitrogens with two attached hydrogens (primary N) is 1. The maximum Gasteiger partial charge on any atom is 0.449 e. The van der Waals surface area contributed by atoms with E-state index in [9.17, 15) is 13.2 Å². The Labute approximate surface area is 80.9 Å². The third kappa shape index (κ3) is 3.68. The van der Waals surface area contributed by atoms with Gasteiger partial charge in [-0.3, -0.25) is 4.99 Å². The number of nitrogens with one attached hydrogen (secondary N) is 1. The van der Waals surface area contributed by atoms with Crippen LogP contribution in [-0.2, 0) is 0 Å². The molecule has 0 saturated carbocycles. The highest BCUT2D eigenvalue weighted by Crippen LogP contribution is 2.16. The van der Waals surface area contributed by atoms with Crippen LogP contribution in [0.1, 0.15) is 20.3 Å². The second-order valence-corrected chi connectivity index (χ2v) is 2.74. The Morgan fingerprint density at radius 2 is 1.93 bits per heavy atom. The minimum Gasteiger partial charge on any atom is -0.385 e. The third-order valence-corrected chi connectivity index (χ3v) is 1.74. The highest BCUT2D eigenvalue weighted by atomic mass is 19.4. The minimum absolute atomic E-state index is 0.00502. The van der Waals surface area contributed by atoms with Gasteiger partial charge in [0.1, 0.15) is 5.82 Å². The van der Waals surface area contributed by atoms with Gasteiger partial charge in [0, 0.05) is 7.05 Å². The molecule has 0 amide bonds. The number of alkyl halides is 3. The van der Waals surface area contributed by atoms with Crippen LogP contribution in [0.4, 0.5) is 13.2 Å². The van der Waals surface area contributed by atoms with Crippen molar-refractivity contribution in [3.05, 3.63) is 11.4 Å². The van der Waals surface area contributed by atoms with Gasteiger partial charge >= 0.3 is 6.18 Å². The van der Waals surface area contributed by atoms with Crippen LogP contribution in [-0.4, -0.2) is 19.1 Å². The van der Waals surface area contributed by atoms with Crippen LogP contribution in [0.5, 0.6) is 0 Å².